The number of rotatable bonds is 1. The zero-order chi connectivity index (χ0) is 8.60. The standard InChI is InChI=1S/C9H8INO/c10-9(6-12)8-4-2-1-3-7(8)5-11-9/h1-4,6,11H,5H2. The maximum atomic E-state index is 10.8. The Balaban J connectivity index is 2.56. The fourth-order valence-electron chi connectivity index (χ4n) is 1.45. The van der Waals surface area contributed by atoms with Crippen LogP contribution in [0.3, 0.4) is 0 Å². The van der Waals surface area contributed by atoms with Gasteiger partial charge in [0.1, 0.15) is 0 Å². The lowest BCUT2D eigenvalue weighted by atomic mass is 10.1. The lowest BCUT2D eigenvalue weighted by Gasteiger charge is -2.14. The first-order valence-corrected chi connectivity index (χ1v) is 4.83. The van der Waals surface area contributed by atoms with Crippen LogP contribution in [-0.2, 0) is 14.9 Å². The van der Waals surface area contributed by atoms with Crippen molar-refractivity contribution in [3.05, 3.63) is 35.4 Å². The molecule has 0 saturated carbocycles. The highest BCUT2D eigenvalue weighted by Crippen LogP contribution is 2.34. The van der Waals surface area contributed by atoms with E-state index < -0.39 is 3.55 Å². The van der Waals surface area contributed by atoms with Gasteiger partial charge in [-0.15, -0.1) is 0 Å². The monoisotopic (exact) mass is 273 g/mol. The molecule has 62 valence electrons. The zero-order valence-electron chi connectivity index (χ0n) is 6.38. The molecule has 0 bridgehead atoms. The van der Waals surface area contributed by atoms with E-state index >= 15 is 0 Å². The van der Waals surface area contributed by atoms with Crippen molar-refractivity contribution < 1.29 is 4.79 Å². The van der Waals surface area contributed by atoms with Gasteiger partial charge in [0.2, 0.25) is 0 Å². The largest absolute Gasteiger partial charge is 0.300 e. The average Bonchev–Trinajstić information content (AvgIpc) is 2.46. The Morgan fingerprint density at radius 1 is 1.50 bits per heavy atom. The summed E-state index contributed by atoms with van der Waals surface area (Å²) in [4.78, 5) is 10.8. The van der Waals surface area contributed by atoms with Gasteiger partial charge in [0.05, 0.1) is 0 Å². The van der Waals surface area contributed by atoms with Crippen LogP contribution in [-0.4, -0.2) is 6.29 Å². The number of benzene rings is 1. The van der Waals surface area contributed by atoms with E-state index in [9.17, 15) is 4.79 Å². The minimum Gasteiger partial charge on any atom is -0.300 e. The highest BCUT2D eigenvalue weighted by molar-refractivity contribution is 14.1. The molecule has 1 aromatic carbocycles. The molecule has 3 heteroatoms. The summed E-state index contributed by atoms with van der Waals surface area (Å²) in [5.74, 6) is 0. The summed E-state index contributed by atoms with van der Waals surface area (Å²) in [6.07, 6.45) is 0.958. The average molecular weight is 273 g/mol. The third-order valence-corrected chi connectivity index (χ3v) is 3.32. The van der Waals surface area contributed by atoms with E-state index in [2.05, 4.69) is 27.9 Å². The van der Waals surface area contributed by atoms with Crippen LogP contribution >= 0.6 is 22.6 Å². The van der Waals surface area contributed by atoms with E-state index in [4.69, 9.17) is 0 Å². The number of carbonyl (C=O) groups excluding carboxylic acids is 1. The Hall–Kier alpha value is -0.420. The summed E-state index contributed by atoms with van der Waals surface area (Å²) < 4.78 is -0.492. The van der Waals surface area contributed by atoms with Crippen molar-refractivity contribution in [2.24, 2.45) is 0 Å². The predicted octanol–water partition coefficient (Wildman–Crippen LogP) is 1.58. The van der Waals surface area contributed by atoms with Gasteiger partial charge >= 0.3 is 0 Å². The van der Waals surface area contributed by atoms with Gasteiger partial charge in [-0.3, -0.25) is 10.1 Å². The molecule has 0 fully saturated rings. The third-order valence-electron chi connectivity index (χ3n) is 2.11. The molecule has 1 aliphatic rings. The van der Waals surface area contributed by atoms with Crippen LogP contribution in [0.2, 0.25) is 0 Å². The summed E-state index contributed by atoms with van der Waals surface area (Å²) >= 11 is 2.14. The van der Waals surface area contributed by atoms with Gasteiger partial charge in [0.15, 0.2) is 9.83 Å². The Morgan fingerprint density at radius 2 is 2.25 bits per heavy atom. The number of halogens is 1. The van der Waals surface area contributed by atoms with E-state index in [1.54, 1.807) is 0 Å². The molecule has 1 aliphatic heterocycles. The second-order valence-electron chi connectivity index (χ2n) is 2.84. The molecule has 12 heavy (non-hydrogen) atoms. The second kappa shape index (κ2) is 2.81. The summed E-state index contributed by atoms with van der Waals surface area (Å²) in [6, 6.07) is 8.00. The van der Waals surface area contributed by atoms with Crippen molar-refractivity contribution in [1.82, 2.24) is 5.32 Å². The van der Waals surface area contributed by atoms with Crippen LogP contribution in [0, 0.1) is 0 Å². The molecule has 1 N–H and O–H groups in total. The molecule has 1 aromatic rings. The molecule has 2 rings (SSSR count). The van der Waals surface area contributed by atoms with Gasteiger partial charge < -0.3 is 0 Å². The van der Waals surface area contributed by atoms with Gasteiger partial charge in [0.25, 0.3) is 0 Å². The smallest absolute Gasteiger partial charge is 0.154 e. The second-order valence-corrected chi connectivity index (χ2v) is 4.54. The first kappa shape index (κ1) is 8.19. The number of aldehydes is 1. The quantitative estimate of drug-likeness (QED) is 0.364. The van der Waals surface area contributed by atoms with Crippen LogP contribution in [0.4, 0.5) is 0 Å². The van der Waals surface area contributed by atoms with Crippen LogP contribution in [0.25, 0.3) is 0 Å². The number of nitrogens with one attached hydrogen (secondary N) is 1. The Bertz CT molecular complexity index is 326. The minimum absolute atomic E-state index is 0.492. The molecule has 0 aromatic heterocycles. The molecule has 0 saturated heterocycles. The lowest BCUT2D eigenvalue weighted by molar-refractivity contribution is -0.110. The first-order valence-electron chi connectivity index (χ1n) is 3.75. The van der Waals surface area contributed by atoms with Crippen LogP contribution in [0.1, 0.15) is 11.1 Å². The zero-order valence-corrected chi connectivity index (χ0v) is 8.54. The topological polar surface area (TPSA) is 29.1 Å². The SMILES string of the molecule is O=CC1(I)NCc2ccccc21. The van der Waals surface area contributed by atoms with E-state index in [1.807, 2.05) is 24.3 Å². The van der Waals surface area contributed by atoms with Crippen molar-refractivity contribution >= 4 is 28.9 Å². The van der Waals surface area contributed by atoms with Crippen molar-refractivity contribution in [3.63, 3.8) is 0 Å². The van der Waals surface area contributed by atoms with Gasteiger partial charge in [-0.25, -0.2) is 0 Å². The Kier molecular flexibility index (Phi) is 1.92. The van der Waals surface area contributed by atoms with Crippen LogP contribution in [0.15, 0.2) is 24.3 Å². The molecule has 0 radical (unpaired) electrons. The predicted molar refractivity (Wildman–Crippen MR) is 55.0 cm³/mol. The minimum atomic E-state index is -0.492. The molecule has 1 heterocycles. The van der Waals surface area contributed by atoms with Gasteiger partial charge in [0, 0.05) is 6.54 Å². The molecule has 1 unspecified atom stereocenters. The number of fused-ring (bicyclic) bond motifs is 1. The molecular weight excluding hydrogens is 265 g/mol. The summed E-state index contributed by atoms with van der Waals surface area (Å²) in [5, 5.41) is 3.17. The van der Waals surface area contributed by atoms with E-state index in [0.717, 1.165) is 18.4 Å². The van der Waals surface area contributed by atoms with Gasteiger partial charge in [-0.2, -0.15) is 0 Å². The Labute approximate surface area is 84.5 Å². The fourth-order valence-corrected chi connectivity index (χ4v) is 2.17. The summed E-state index contributed by atoms with van der Waals surface area (Å²) in [5.41, 5.74) is 2.32. The molecule has 0 aliphatic carbocycles. The summed E-state index contributed by atoms with van der Waals surface area (Å²) in [6.45, 7) is 0.790. The third kappa shape index (κ3) is 1.08. The van der Waals surface area contributed by atoms with E-state index in [0.29, 0.717) is 0 Å². The van der Waals surface area contributed by atoms with Crippen LogP contribution in [0.5, 0.6) is 0 Å². The fraction of sp³-hybridized carbons (Fsp3) is 0.222. The summed E-state index contributed by atoms with van der Waals surface area (Å²) in [7, 11) is 0. The maximum Gasteiger partial charge on any atom is 0.154 e. The van der Waals surface area contributed by atoms with E-state index in [1.165, 1.54) is 5.56 Å². The highest BCUT2D eigenvalue weighted by Gasteiger charge is 2.34. The van der Waals surface area contributed by atoms with Gasteiger partial charge in [-0.05, 0) is 33.7 Å². The first-order chi connectivity index (χ1) is 5.76. The van der Waals surface area contributed by atoms with Crippen molar-refractivity contribution in [2.75, 3.05) is 0 Å². The molecule has 1 atom stereocenters. The molecule has 0 amide bonds. The van der Waals surface area contributed by atoms with Crippen molar-refractivity contribution in [2.45, 2.75) is 10.1 Å². The van der Waals surface area contributed by atoms with Crippen molar-refractivity contribution in [3.8, 4) is 0 Å². The maximum absolute atomic E-state index is 10.8. The van der Waals surface area contributed by atoms with Crippen molar-refractivity contribution in [1.29, 1.82) is 0 Å². The lowest BCUT2D eigenvalue weighted by Crippen LogP contribution is -2.30. The number of alkyl halides is 1. The number of hydrogen-bond donors (Lipinski definition) is 1. The molecular formula is C9H8INO. The highest BCUT2D eigenvalue weighted by atomic mass is 127. The van der Waals surface area contributed by atoms with Gasteiger partial charge in [-0.1, -0.05) is 24.3 Å². The Morgan fingerprint density at radius 3 is 3.00 bits per heavy atom. The van der Waals surface area contributed by atoms with E-state index in [-0.39, 0.29) is 0 Å². The number of carbonyl (C=O) groups is 1. The number of hydrogen-bond acceptors (Lipinski definition) is 2. The molecule has 0 spiro atoms. The molecule has 2 nitrogen and oxygen atoms in total. The normalized spacial score (nSPS) is 26.8. The van der Waals surface area contributed by atoms with Crippen LogP contribution < -0.4 is 5.32 Å².